The van der Waals surface area contributed by atoms with Gasteiger partial charge in [0.05, 0.1) is 6.04 Å². The Morgan fingerprint density at radius 3 is 2.74 bits per heavy atom. The van der Waals surface area contributed by atoms with E-state index in [1.807, 2.05) is 17.5 Å². The van der Waals surface area contributed by atoms with Crippen molar-refractivity contribution < 1.29 is 8.78 Å². The van der Waals surface area contributed by atoms with Gasteiger partial charge in [0.2, 0.25) is 0 Å². The molecule has 5 heteroatoms. The summed E-state index contributed by atoms with van der Waals surface area (Å²) in [4.78, 5) is 1.17. The summed E-state index contributed by atoms with van der Waals surface area (Å²) in [6, 6.07) is 6.14. The second-order valence-electron chi connectivity index (χ2n) is 4.43. The second-order valence-corrected chi connectivity index (χ2v) is 5.46. The molecule has 2 nitrogen and oxygen atoms in total. The Morgan fingerprint density at radius 1 is 1.32 bits per heavy atom. The van der Waals surface area contributed by atoms with Crippen LogP contribution in [0.5, 0.6) is 0 Å². The first-order valence-corrected chi connectivity index (χ1v) is 6.94. The van der Waals surface area contributed by atoms with Gasteiger partial charge in [0, 0.05) is 10.4 Å². The Hall–Kier alpha value is -1.30. The Bertz CT molecular complexity index is 541. The highest BCUT2D eigenvalue weighted by Crippen LogP contribution is 2.26. The summed E-state index contributed by atoms with van der Waals surface area (Å²) in [6.07, 6.45) is 1.29. The molecule has 2 rings (SSSR count). The molecule has 3 N–H and O–H groups in total. The van der Waals surface area contributed by atoms with Gasteiger partial charge >= 0.3 is 0 Å². The van der Waals surface area contributed by atoms with Gasteiger partial charge in [0.15, 0.2) is 0 Å². The average molecular weight is 282 g/mol. The van der Waals surface area contributed by atoms with Crippen LogP contribution in [0, 0.1) is 18.6 Å². The molecule has 0 saturated heterocycles. The lowest BCUT2D eigenvalue weighted by atomic mass is 9.99. The molecule has 0 aliphatic heterocycles. The molecular formula is C14H16F2N2S. The van der Waals surface area contributed by atoms with E-state index >= 15 is 0 Å². The Kier molecular flexibility index (Phi) is 4.63. The predicted octanol–water partition coefficient (Wildman–Crippen LogP) is 3.47. The molecule has 0 spiro atoms. The van der Waals surface area contributed by atoms with Gasteiger partial charge in [0.1, 0.15) is 11.6 Å². The standard InChI is InChI=1S/C14H16F2N2S/c1-9-4-6-11(15)13(14(9)16)12(18-17)7-5-10-3-2-8-19-10/h2-4,6,8,12,18H,5,7,17H2,1H3. The van der Waals surface area contributed by atoms with Crippen LogP contribution in [-0.2, 0) is 6.42 Å². The first-order chi connectivity index (χ1) is 9.13. The SMILES string of the molecule is Cc1ccc(F)c(C(CCc2cccs2)NN)c1F. The third kappa shape index (κ3) is 3.18. The molecule has 1 aromatic carbocycles. The minimum atomic E-state index is -0.558. The largest absolute Gasteiger partial charge is 0.271 e. The molecule has 2 aromatic rings. The van der Waals surface area contributed by atoms with Crippen LogP contribution in [0.2, 0.25) is 0 Å². The maximum atomic E-state index is 14.0. The smallest absolute Gasteiger partial charge is 0.133 e. The third-order valence-corrected chi connectivity index (χ3v) is 4.06. The molecule has 0 amide bonds. The second kappa shape index (κ2) is 6.23. The van der Waals surface area contributed by atoms with E-state index in [4.69, 9.17) is 5.84 Å². The first-order valence-electron chi connectivity index (χ1n) is 6.06. The summed E-state index contributed by atoms with van der Waals surface area (Å²) in [5.41, 5.74) is 2.97. The summed E-state index contributed by atoms with van der Waals surface area (Å²) in [5.74, 6) is 4.37. The lowest BCUT2D eigenvalue weighted by Crippen LogP contribution is -2.30. The van der Waals surface area contributed by atoms with Crippen molar-refractivity contribution in [1.82, 2.24) is 5.43 Å². The highest BCUT2D eigenvalue weighted by atomic mass is 32.1. The summed E-state index contributed by atoms with van der Waals surface area (Å²) in [6.45, 7) is 1.62. The summed E-state index contributed by atoms with van der Waals surface area (Å²) >= 11 is 1.63. The van der Waals surface area contributed by atoms with Crippen LogP contribution in [0.25, 0.3) is 0 Å². The number of nitrogens with two attached hydrogens (primary N) is 1. The van der Waals surface area contributed by atoms with Gasteiger partial charge in [-0.2, -0.15) is 0 Å². The maximum Gasteiger partial charge on any atom is 0.133 e. The highest BCUT2D eigenvalue weighted by molar-refractivity contribution is 7.09. The fraction of sp³-hybridized carbons (Fsp3) is 0.286. The van der Waals surface area contributed by atoms with Crippen LogP contribution in [0.15, 0.2) is 29.6 Å². The predicted molar refractivity (Wildman–Crippen MR) is 73.8 cm³/mol. The van der Waals surface area contributed by atoms with E-state index in [1.165, 1.54) is 17.0 Å². The fourth-order valence-corrected chi connectivity index (χ4v) is 2.77. The molecular weight excluding hydrogens is 266 g/mol. The monoisotopic (exact) mass is 282 g/mol. The van der Waals surface area contributed by atoms with Gasteiger partial charge in [-0.3, -0.25) is 11.3 Å². The topological polar surface area (TPSA) is 38.0 Å². The van der Waals surface area contributed by atoms with Gasteiger partial charge in [-0.25, -0.2) is 8.78 Å². The summed E-state index contributed by atoms with van der Waals surface area (Å²) in [5, 5.41) is 1.98. The van der Waals surface area contributed by atoms with Crippen molar-refractivity contribution in [2.75, 3.05) is 0 Å². The van der Waals surface area contributed by atoms with Gasteiger partial charge in [-0.15, -0.1) is 11.3 Å². The number of thiophene rings is 1. The summed E-state index contributed by atoms with van der Waals surface area (Å²) in [7, 11) is 0. The summed E-state index contributed by atoms with van der Waals surface area (Å²) < 4.78 is 27.8. The molecule has 0 bridgehead atoms. The zero-order valence-corrected chi connectivity index (χ0v) is 11.4. The number of nitrogens with one attached hydrogen (secondary N) is 1. The van der Waals surface area contributed by atoms with Crippen LogP contribution >= 0.6 is 11.3 Å². The van der Waals surface area contributed by atoms with Crippen molar-refractivity contribution in [3.05, 3.63) is 57.3 Å². The van der Waals surface area contributed by atoms with Crippen molar-refractivity contribution in [2.24, 2.45) is 5.84 Å². The van der Waals surface area contributed by atoms with Gasteiger partial charge in [-0.05, 0) is 42.8 Å². The average Bonchev–Trinajstić information content (AvgIpc) is 2.91. The van der Waals surface area contributed by atoms with Crippen molar-refractivity contribution in [1.29, 1.82) is 0 Å². The van der Waals surface area contributed by atoms with Crippen LogP contribution in [-0.4, -0.2) is 0 Å². The zero-order chi connectivity index (χ0) is 13.8. The lowest BCUT2D eigenvalue weighted by Gasteiger charge is -2.18. The Balaban J connectivity index is 2.19. The third-order valence-electron chi connectivity index (χ3n) is 3.13. The van der Waals surface area contributed by atoms with Gasteiger partial charge in [-0.1, -0.05) is 12.1 Å². The van der Waals surface area contributed by atoms with E-state index in [0.717, 1.165) is 6.42 Å². The number of halogens is 2. The van der Waals surface area contributed by atoms with Crippen molar-refractivity contribution in [3.63, 3.8) is 0 Å². The van der Waals surface area contributed by atoms with Crippen LogP contribution in [0.4, 0.5) is 8.78 Å². The van der Waals surface area contributed by atoms with E-state index in [2.05, 4.69) is 5.43 Å². The van der Waals surface area contributed by atoms with E-state index < -0.39 is 17.7 Å². The van der Waals surface area contributed by atoms with Crippen molar-refractivity contribution >= 4 is 11.3 Å². The number of aryl methyl sites for hydroxylation is 2. The number of hydrazine groups is 1. The number of hydrogen-bond acceptors (Lipinski definition) is 3. The van der Waals surface area contributed by atoms with E-state index in [1.54, 1.807) is 18.3 Å². The van der Waals surface area contributed by atoms with Crippen LogP contribution < -0.4 is 11.3 Å². The number of rotatable bonds is 5. The lowest BCUT2D eigenvalue weighted by molar-refractivity contribution is 0.453. The quantitative estimate of drug-likeness (QED) is 0.651. The zero-order valence-electron chi connectivity index (χ0n) is 10.6. The highest BCUT2D eigenvalue weighted by Gasteiger charge is 2.20. The molecule has 0 fully saturated rings. The molecule has 0 radical (unpaired) electrons. The van der Waals surface area contributed by atoms with Gasteiger partial charge < -0.3 is 0 Å². The molecule has 1 aromatic heterocycles. The Labute approximate surface area is 115 Å². The minimum absolute atomic E-state index is 0.0269. The molecule has 19 heavy (non-hydrogen) atoms. The molecule has 1 atom stereocenters. The molecule has 0 aliphatic rings. The van der Waals surface area contributed by atoms with E-state index in [9.17, 15) is 8.78 Å². The number of hydrogen-bond donors (Lipinski definition) is 2. The van der Waals surface area contributed by atoms with Crippen molar-refractivity contribution in [3.8, 4) is 0 Å². The normalized spacial score (nSPS) is 12.6. The van der Waals surface area contributed by atoms with Crippen molar-refractivity contribution in [2.45, 2.75) is 25.8 Å². The first kappa shape index (κ1) is 14.1. The van der Waals surface area contributed by atoms with E-state index in [0.29, 0.717) is 12.0 Å². The maximum absolute atomic E-state index is 14.0. The molecule has 1 heterocycles. The molecule has 1 unspecified atom stereocenters. The minimum Gasteiger partial charge on any atom is -0.271 e. The number of benzene rings is 1. The molecule has 102 valence electrons. The fourth-order valence-electron chi connectivity index (χ4n) is 2.05. The Morgan fingerprint density at radius 2 is 2.11 bits per heavy atom. The molecule has 0 aliphatic carbocycles. The molecule has 0 saturated carbocycles. The van der Waals surface area contributed by atoms with Crippen LogP contribution in [0.3, 0.4) is 0 Å². The van der Waals surface area contributed by atoms with Gasteiger partial charge in [0.25, 0.3) is 0 Å². The van der Waals surface area contributed by atoms with E-state index in [-0.39, 0.29) is 5.56 Å². The van der Waals surface area contributed by atoms with Crippen LogP contribution in [0.1, 0.15) is 28.5 Å².